The zero-order valence-corrected chi connectivity index (χ0v) is 73.5. The maximum atomic E-state index is 14.4. The summed E-state index contributed by atoms with van der Waals surface area (Å²) in [5.74, 6) is -16.5. The van der Waals surface area contributed by atoms with E-state index >= 15 is 0 Å². The van der Waals surface area contributed by atoms with Crippen molar-refractivity contribution in [2.24, 2.45) is 5.92 Å². The Morgan fingerprint density at radius 1 is 0.449 bits per heavy atom. The second kappa shape index (κ2) is 56.4. The lowest BCUT2D eigenvalue weighted by atomic mass is 9.86. The highest BCUT2D eigenvalue weighted by atomic mass is 16.8. The normalized spacial score (nSPS) is 35.2. The van der Waals surface area contributed by atoms with E-state index in [1.165, 1.54) is 83.1 Å². The van der Waals surface area contributed by atoms with Gasteiger partial charge in [-0.25, -0.2) is 9.59 Å². The van der Waals surface area contributed by atoms with Crippen molar-refractivity contribution in [2.45, 2.75) is 422 Å². The van der Waals surface area contributed by atoms with Crippen LogP contribution in [-0.4, -0.2) is 390 Å². The lowest BCUT2D eigenvalue weighted by Crippen LogP contribution is -2.72. The van der Waals surface area contributed by atoms with Crippen LogP contribution in [0, 0.1) is 5.92 Å². The standard InChI is InChI=1S/C85H147N3O39/c1-6-8-10-12-14-16-18-20-21-23-25-27-29-31-33-35-60(102)88-50(51(98)34-32-30-28-26-24-22-19-17-15-13-11-9-7-2)45-116-79-70(110)68(108)73(58(43-93)119-79)122-81-71(111)77(74(59(44-94)120-81)123-78-49(36-46(3)95)72(65(105)56(41-91)117-78)121-80-69(109)67(107)64(104)55(40-90)118-80)127-85(83(114)115)38-53(100)62(87-48(5)97)76(126-85)66(106)57(42-92)124-84(82(112)113)37-52(99)61(86-47(4)96)75(125-84)63(103)54(101)39-89/h20-21,32,34,49-59,61-81,89-94,98-101,103-111H,6-19,22-31,33,35-45H2,1-5H3,(H,86,96)(H,87,97)(H,88,102)(H,112,113)(H,114,115)/b21-20-,34-32+/t49-,50+,51-,52+,53+,54-,55-,56-,57-,58-,59-,61-,62-,63-,64+,65+,66-,67+,68-,69-,70-,71-,72-,73-,74+,75?,76?,77-,78+,79-,80+,81+,84-,85+/m1/s1. The zero-order valence-electron chi connectivity index (χ0n) is 73.5. The number of aliphatic hydroxyl groups is 19. The maximum Gasteiger partial charge on any atom is 0.364 e. The Morgan fingerprint density at radius 3 is 1.39 bits per heavy atom. The summed E-state index contributed by atoms with van der Waals surface area (Å²) in [6.45, 7) is -0.825. The van der Waals surface area contributed by atoms with Gasteiger partial charge in [0.15, 0.2) is 25.2 Å². The van der Waals surface area contributed by atoms with Crippen molar-refractivity contribution >= 4 is 35.4 Å². The van der Waals surface area contributed by atoms with Crippen LogP contribution in [0.15, 0.2) is 24.3 Å². The van der Waals surface area contributed by atoms with Gasteiger partial charge >= 0.3 is 11.9 Å². The predicted octanol–water partition coefficient (Wildman–Crippen LogP) is -3.00. The van der Waals surface area contributed by atoms with Gasteiger partial charge in [-0.3, -0.25) is 14.4 Å². The van der Waals surface area contributed by atoms with Crippen molar-refractivity contribution in [3.63, 3.8) is 0 Å². The van der Waals surface area contributed by atoms with Gasteiger partial charge in [-0.05, 0) is 51.9 Å². The molecule has 6 heterocycles. The van der Waals surface area contributed by atoms with Gasteiger partial charge < -0.3 is 185 Å². The molecule has 6 fully saturated rings. The first kappa shape index (κ1) is 111. The van der Waals surface area contributed by atoms with Crippen LogP contribution in [0.2, 0.25) is 0 Å². The van der Waals surface area contributed by atoms with E-state index in [-0.39, 0.29) is 6.42 Å². The third-order valence-corrected chi connectivity index (χ3v) is 24.0. The number of unbranched alkanes of at least 4 members (excludes halogenated alkanes) is 22. The van der Waals surface area contributed by atoms with Crippen molar-refractivity contribution in [2.75, 3.05) is 46.2 Å². The molecule has 24 N–H and O–H groups in total. The Bertz CT molecular complexity index is 3240. The summed E-state index contributed by atoms with van der Waals surface area (Å²) < 4.78 is 72.5. The molecule has 42 nitrogen and oxygen atoms in total. The molecule has 0 saturated carbocycles. The second-order valence-corrected chi connectivity index (χ2v) is 34.2. The summed E-state index contributed by atoms with van der Waals surface area (Å²) in [4.78, 5) is 80.5. The summed E-state index contributed by atoms with van der Waals surface area (Å²) in [6.07, 6.45) is -31.0. The fourth-order valence-corrected chi connectivity index (χ4v) is 16.9. The molecule has 0 aromatic rings. The minimum atomic E-state index is -3.68. The van der Waals surface area contributed by atoms with Gasteiger partial charge in [-0.1, -0.05) is 154 Å². The summed E-state index contributed by atoms with van der Waals surface area (Å²) in [5, 5.41) is 245. The van der Waals surface area contributed by atoms with Gasteiger partial charge in [0.05, 0.1) is 88.8 Å². The predicted molar refractivity (Wildman–Crippen MR) is 441 cm³/mol. The lowest BCUT2D eigenvalue weighted by molar-refractivity contribution is -0.407. The van der Waals surface area contributed by atoms with Crippen molar-refractivity contribution in [3.05, 3.63) is 24.3 Å². The molecular weight excluding hydrogens is 1690 g/mol. The summed E-state index contributed by atoms with van der Waals surface area (Å²) in [7, 11) is 0. The highest BCUT2D eigenvalue weighted by Gasteiger charge is 2.64. The molecular formula is C85H147N3O39. The van der Waals surface area contributed by atoms with Crippen LogP contribution in [0.1, 0.15) is 221 Å². The van der Waals surface area contributed by atoms with Crippen molar-refractivity contribution in [1.82, 2.24) is 16.0 Å². The minimum Gasteiger partial charge on any atom is -0.477 e. The Morgan fingerprint density at radius 2 is 0.882 bits per heavy atom. The number of allylic oxidation sites excluding steroid dienone is 3. The van der Waals surface area contributed by atoms with Gasteiger partial charge in [0, 0.05) is 45.4 Å². The molecule has 127 heavy (non-hydrogen) atoms. The first-order valence-electron chi connectivity index (χ1n) is 45.1. The molecule has 0 aliphatic carbocycles. The number of carbonyl (C=O) groups excluding carboxylic acids is 4. The molecule has 42 heteroatoms. The number of Topliss-reactive ketones (excluding diaryl/α,β-unsaturated/α-hetero) is 1. The van der Waals surface area contributed by atoms with Crippen molar-refractivity contribution in [1.29, 1.82) is 0 Å². The zero-order chi connectivity index (χ0) is 93.8. The molecule has 736 valence electrons. The molecule has 2 unspecified atom stereocenters. The Kier molecular flexibility index (Phi) is 49.3. The van der Waals surface area contributed by atoms with Crippen molar-refractivity contribution in [3.8, 4) is 0 Å². The SMILES string of the molecule is CCCCCCCC/C=C\CCCCCCCC(=O)N[C@@H](CO[C@@H]1O[C@H](CO)[C@@H](O[C@@H]2O[C@H](CO)[C@H](O[C@@H]3O[C@H](CO)[C@H](O)[C@H](O[C@@H]4O[C@H](CO)[C@H](O)[C@H](O)[C@H]4O)[C@H]3CC(C)=O)[C@H](O[C@]3(C(=O)O)C[C@H](O)[C@@H](NC(C)=O)C([C@H](O)[C@@H](CO)O[C@]4(C(=O)O)C[C@H](O)[C@@H](NC(C)=O)C([C@H](O)[C@H](O)CO)O4)O3)[C@H]2O)[C@H](O)[C@H]1O)[C@H](O)/C=C/CCCCCCCCCCCCC. The van der Waals surface area contributed by atoms with Crippen LogP contribution in [-0.2, 0) is 85.6 Å². The number of carboxylic acid groups (broad SMARTS) is 2. The average molecular weight is 1840 g/mol. The summed E-state index contributed by atoms with van der Waals surface area (Å²) in [6, 6.07) is -5.11. The van der Waals surface area contributed by atoms with Gasteiger partial charge in [-0.2, -0.15) is 0 Å². The van der Waals surface area contributed by atoms with Gasteiger partial charge in [0.2, 0.25) is 17.7 Å². The largest absolute Gasteiger partial charge is 0.477 e. The second-order valence-electron chi connectivity index (χ2n) is 34.2. The summed E-state index contributed by atoms with van der Waals surface area (Å²) in [5.41, 5.74) is 0. The van der Waals surface area contributed by atoms with E-state index < -0.39 is 308 Å². The molecule has 34 atom stereocenters. The number of hydrogen-bond acceptors (Lipinski definition) is 37. The highest BCUT2D eigenvalue weighted by Crippen LogP contribution is 2.44. The van der Waals surface area contributed by atoms with Crippen LogP contribution in [0.4, 0.5) is 0 Å². The highest BCUT2D eigenvalue weighted by molar-refractivity contribution is 5.78. The Balaban J connectivity index is 1.34. The minimum absolute atomic E-state index is 0.0744. The molecule has 0 bridgehead atoms. The first-order valence-corrected chi connectivity index (χ1v) is 45.1. The van der Waals surface area contributed by atoms with Crippen LogP contribution in [0.3, 0.4) is 0 Å². The Hall–Kier alpha value is -4.74. The molecule has 0 aromatic carbocycles. The van der Waals surface area contributed by atoms with Gasteiger partial charge in [0.25, 0.3) is 11.6 Å². The number of carboxylic acids is 2. The lowest BCUT2D eigenvalue weighted by Gasteiger charge is -2.53. The molecule has 6 saturated heterocycles. The van der Waals surface area contributed by atoms with E-state index in [9.17, 15) is 136 Å². The van der Waals surface area contributed by atoms with Crippen LogP contribution in [0.5, 0.6) is 0 Å². The Labute approximate surface area is 740 Å². The maximum absolute atomic E-state index is 14.4. The monoisotopic (exact) mass is 1830 g/mol. The number of aliphatic hydroxyl groups excluding tert-OH is 19. The van der Waals surface area contributed by atoms with E-state index in [4.69, 9.17) is 56.8 Å². The van der Waals surface area contributed by atoms with E-state index in [1.807, 2.05) is 0 Å². The van der Waals surface area contributed by atoms with E-state index in [0.717, 1.165) is 91.4 Å². The van der Waals surface area contributed by atoms with Gasteiger partial charge in [-0.15, -0.1) is 0 Å². The fourth-order valence-electron chi connectivity index (χ4n) is 16.9. The number of rotatable bonds is 59. The van der Waals surface area contributed by atoms with E-state index in [0.29, 0.717) is 12.8 Å². The number of nitrogens with one attached hydrogen (secondary N) is 3. The number of hydrogen-bond donors (Lipinski definition) is 24. The quantitative estimate of drug-likeness (QED) is 0.0213. The molecule has 6 rings (SSSR count). The van der Waals surface area contributed by atoms with E-state index in [2.05, 4.69) is 41.9 Å². The average Bonchev–Trinajstić information content (AvgIpc) is 0.733. The molecule has 3 amide bonds. The third-order valence-electron chi connectivity index (χ3n) is 24.0. The molecule has 6 aliphatic rings. The summed E-state index contributed by atoms with van der Waals surface area (Å²) >= 11 is 0. The number of ketones is 1. The van der Waals surface area contributed by atoms with Crippen molar-refractivity contribution < 1.29 is 193 Å². The fraction of sp³-hybridized carbons (Fsp3) is 0.882. The smallest absolute Gasteiger partial charge is 0.364 e. The van der Waals surface area contributed by atoms with Crippen LogP contribution < -0.4 is 16.0 Å². The first-order chi connectivity index (χ1) is 60.6. The van der Waals surface area contributed by atoms with Crippen LogP contribution in [0.25, 0.3) is 0 Å². The molecule has 6 aliphatic heterocycles. The molecule has 0 aromatic heterocycles. The van der Waals surface area contributed by atoms with E-state index in [1.54, 1.807) is 6.08 Å². The number of carbonyl (C=O) groups is 6. The number of amides is 3. The topological polar surface area (TPSA) is 674 Å². The number of aliphatic carboxylic acids is 2. The molecule has 0 radical (unpaired) electrons. The van der Waals surface area contributed by atoms with Gasteiger partial charge in [0.1, 0.15) is 128 Å². The molecule has 0 spiro atoms. The van der Waals surface area contributed by atoms with Crippen LogP contribution >= 0.6 is 0 Å². The number of ether oxygens (including phenoxy) is 12. The third kappa shape index (κ3) is 32.5.